The Kier molecular flexibility index (Phi) is 4.72. The van der Waals surface area contributed by atoms with Gasteiger partial charge >= 0.3 is 0 Å². The smallest absolute Gasteiger partial charge is 0.269 e. The summed E-state index contributed by atoms with van der Waals surface area (Å²) in [5.41, 5.74) is 0.402. The number of carbonyl (C=O) groups is 1. The van der Waals surface area contributed by atoms with Gasteiger partial charge in [0.2, 0.25) is 0 Å². The largest absolute Gasteiger partial charge is 0.337 e. The standard InChI is InChI=1S/C15H12ClFN2O3/c1-18(9-12-13(16)3-2-4-14(12)17)15(20)10-5-7-11(8-6-10)19(21)22/h2-8H,9H2,1H3. The molecule has 2 rings (SSSR count). The second kappa shape index (κ2) is 6.53. The maximum atomic E-state index is 13.7. The van der Waals surface area contributed by atoms with Gasteiger partial charge in [-0.05, 0) is 24.3 Å². The van der Waals surface area contributed by atoms with Gasteiger partial charge in [0.1, 0.15) is 5.82 Å². The molecule has 5 nitrogen and oxygen atoms in total. The molecule has 2 aromatic rings. The molecule has 0 saturated heterocycles. The van der Waals surface area contributed by atoms with Crippen molar-refractivity contribution in [2.75, 3.05) is 7.05 Å². The number of hydrogen-bond donors (Lipinski definition) is 0. The third kappa shape index (κ3) is 3.40. The van der Waals surface area contributed by atoms with Gasteiger partial charge in [-0.3, -0.25) is 14.9 Å². The molecule has 1 amide bonds. The Hall–Kier alpha value is -2.47. The first-order chi connectivity index (χ1) is 10.4. The van der Waals surface area contributed by atoms with Gasteiger partial charge in [-0.15, -0.1) is 0 Å². The van der Waals surface area contributed by atoms with E-state index in [-0.39, 0.29) is 34.3 Å². The molecular formula is C15H12ClFN2O3. The first-order valence-electron chi connectivity index (χ1n) is 6.33. The van der Waals surface area contributed by atoms with Crippen molar-refractivity contribution in [3.8, 4) is 0 Å². The molecule has 0 heterocycles. The third-order valence-corrected chi connectivity index (χ3v) is 3.48. The predicted octanol–water partition coefficient (Wildman–Crippen LogP) is 3.66. The highest BCUT2D eigenvalue weighted by molar-refractivity contribution is 6.31. The van der Waals surface area contributed by atoms with Crippen molar-refractivity contribution < 1.29 is 14.1 Å². The summed E-state index contributed by atoms with van der Waals surface area (Å²) in [6.45, 7) is 0.00132. The molecule has 0 saturated carbocycles. The van der Waals surface area contributed by atoms with E-state index in [0.717, 1.165) is 0 Å². The van der Waals surface area contributed by atoms with Crippen molar-refractivity contribution in [3.05, 3.63) is 74.5 Å². The molecule has 0 atom stereocenters. The van der Waals surface area contributed by atoms with E-state index in [2.05, 4.69) is 0 Å². The number of rotatable bonds is 4. The molecule has 0 unspecified atom stereocenters. The highest BCUT2D eigenvalue weighted by Crippen LogP contribution is 2.21. The summed E-state index contributed by atoms with van der Waals surface area (Å²) in [6.07, 6.45) is 0. The van der Waals surface area contributed by atoms with Crippen LogP contribution in [0.15, 0.2) is 42.5 Å². The Morgan fingerprint density at radius 1 is 1.27 bits per heavy atom. The highest BCUT2D eigenvalue weighted by Gasteiger charge is 2.16. The first-order valence-corrected chi connectivity index (χ1v) is 6.70. The molecule has 0 aromatic heterocycles. The van der Waals surface area contributed by atoms with Crippen LogP contribution in [0, 0.1) is 15.9 Å². The van der Waals surface area contributed by atoms with Gasteiger partial charge in [0.25, 0.3) is 11.6 Å². The van der Waals surface area contributed by atoms with Crippen LogP contribution in [0.3, 0.4) is 0 Å². The minimum Gasteiger partial charge on any atom is -0.337 e. The SMILES string of the molecule is CN(Cc1c(F)cccc1Cl)C(=O)c1ccc([N+](=O)[O-])cc1. The molecule has 0 radical (unpaired) electrons. The number of benzene rings is 2. The number of non-ortho nitro benzene ring substituents is 1. The molecule has 0 fully saturated rings. The van der Waals surface area contributed by atoms with E-state index in [1.165, 1.54) is 48.3 Å². The Morgan fingerprint density at radius 3 is 2.45 bits per heavy atom. The van der Waals surface area contributed by atoms with Gasteiger partial charge < -0.3 is 4.90 Å². The molecule has 0 aliphatic heterocycles. The fourth-order valence-electron chi connectivity index (χ4n) is 1.94. The van der Waals surface area contributed by atoms with Gasteiger partial charge in [0.15, 0.2) is 0 Å². The number of halogens is 2. The number of hydrogen-bond acceptors (Lipinski definition) is 3. The summed E-state index contributed by atoms with van der Waals surface area (Å²) >= 11 is 5.93. The predicted molar refractivity (Wildman–Crippen MR) is 80.3 cm³/mol. The topological polar surface area (TPSA) is 63.5 Å². The average Bonchev–Trinajstić information content (AvgIpc) is 2.50. The Morgan fingerprint density at radius 2 is 1.91 bits per heavy atom. The lowest BCUT2D eigenvalue weighted by Gasteiger charge is -2.18. The van der Waals surface area contributed by atoms with Crippen LogP contribution in [0.4, 0.5) is 10.1 Å². The number of carbonyl (C=O) groups excluding carboxylic acids is 1. The van der Waals surface area contributed by atoms with E-state index >= 15 is 0 Å². The second-order valence-electron chi connectivity index (χ2n) is 4.67. The summed E-state index contributed by atoms with van der Waals surface area (Å²) in [7, 11) is 1.51. The summed E-state index contributed by atoms with van der Waals surface area (Å²) in [5.74, 6) is -0.870. The van der Waals surface area contributed by atoms with Crippen LogP contribution in [-0.4, -0.2) is 22.8 Å². The summed E-state index contributed by atoms with van der Waals surface area (Å²) in [6, 6.07) is 9.52. The number of amides is 1. The zero-order chi connectivity index (χ0) is 16.3. The number of nitro benzene ring substituents is 1. The van der Waals surface area contributed by atoms with Gasteiger partial charge in [-0.1, -0.05) is 17.7 Å². The normalized spacial score (nSPS) is 10.3. The quantitative estimate of drug-likeness (QED) is 0.637. The van der Waals surface area contributed by atoms with Crippen molar-refractivity contribution in [2.45, 2.75) is 6.54 Å². The summed E-state index contributed by atoms with van der Waals surface area (Å²) in [5, 5.41) is 10.8. The molecule has 0 spiro atoms. The van der Waals surface area contributed by atoms with Crippen LogP contribution < -0.4 is 0 Å². The van der Waals surface area contributed by atoms with Crippen molar-refractivity contribution >= 4 is 23.2 Å². The van der Waals surface area contributed by atoms with Gasteiger partial charge in [0.05, 0.1) is 4.92 Å². The molecule has 0 aliphatic carbocycles. The van der Waals surface area contributed by atoms with Crippen LogP contribution in [-0.2, 0) is 6.54 Å². The zero-order valence-electron chi connectivity index (χ0n) is 11.6. The van der Waals surface area contributed by atoms with Crippen molar-refractivity contribution in [1.29, 1.82) is 0 Å². The Balaban J connectivity index is 2.17. The minimum atomic E-state index is -0.545. The lowest BCUT2D eigenvalue weighted by molar-refractivity contribution is -0.384. The van der Waals surface area contributed by atoms with E-state index < -0.39 is 10.7 Å². The van der Waals surface area contributed by atoms with Gasteiger partial charge in [-0.2, -0.15) is 0 Å². The molecule has 2 aromatic carbocycles. The molecule has 7 heteroatoms. The third-order valence-electron chi connectivity index (χ3n) is 3.13. The zero-order valence-corrected chi connectivity index (χ0v) is 12.4. The van der Waals surface area contributed by atoms with E-state index in [9.17, 15) is 19.3 Å². The molecular weight excluding hydrogens is 311 g/mol. The van der Waals surface area contributed by atoms with Gasteiger partial charge in [0, 0.05) is 41.9 Å². The fraction of sp³-hybridized carbons (Fsp3) is 0.133. The molecule has 0 N–H and O–H groups in total. The van der Waals surface area contributed by atoms with Crippen molar-refractivity contribution in [1.82, 2.24) is 4.90 Å². The number of nitrogens with zero attached hydrogens (tertiary/aromatic N) is 2. The minimum absolute atomic E-state index is 0.00132. The average molecular weight is 323 g/mol. The monoisotopic (exact) mass is 322 g/mol. The number of nitro groups is 1. The van der Waals surface area contributed by atoms with Crippen molar-refractivity contribution in [3.63, 3.8) is 0 Å². The highest BCUT2D eigenvalue weighted by atomic mass is 35.5. The van der Waals surface area contributed by atoms with Crippen LogP contribution in [0.25, 0.3) is 0 Å². The first kappa shape index (κ1) is 15.9. The van der Waals surface area contributed by atoms with Crippen LogP contribution in [0.2, 0.25) is 5.02 Å². The fourth-order valence-corrected chi connectivity index (χ4v) is 2.16. The second-order valence-corrected chi connectivity index (χ2v) is 5.07. The van der Waals surface area contributed by atoms with E-state index in [1.54, 1.807) is 6.07 Å². The van der Waals surface area contributed by atoms with E-state index in [4.69, 9.17) is 11.6 Å². The Labute approximate surface area is 131 Å². The summed E-state index contributed by atoms with van der Waals surface area (Å²) in [4.78, 5) is 23.6. The molecule has 22 heavy (non-hydrogen) atoms. The van der Waals surface area contributed by atoms with Crippen molar-refractivity contribution in [2.24, 2.45) is 0 Å². The van der Waals surface area contributed by atoms with Crippen LogP contribution >= 0.6 is 11.6 Å². The molecule has 0 aliphatic rings. The molecule has 114 valence electrons. The van der Waals surface area contributed by atoms with E-state index in [0.29, 0.717) is 0 Å². The lowest BCUT2D eigenvalue weighted by atomic mass is 10.1. The van der Waals surface area contributed by atoms with Crippen LogP contribution in [0.5, 0.6) is 0 Å². The van der Waals surface area contributed by atoms with E-state index in [1.807, 2.05) is 0 Å². The maximum Gasteiger partial charge on any atom is 0.269 e. The Bertz CT molecular complexity index is 699. The molecule has 0 bridgehead atoms. The summed E-state index contributed by atoms with van der Waals surface area (Å²) < 4.78 is 13.7. The van der Waals surface area contributed by atoms with Crippen LogP contribution in [0.1, 0.15) is 15.9 Å². The maximum absolute atomic E-state index is 13.7. The van der Waals surface area contributed by atoms with Gasteiger partial charge in [-0.25, -0.2) is 4.39 Å². The lowest BCUT2D eigenvalue weighted by Crippen LogP contribution is -2.26.